The zero-order valence-electron chi connectivity index (χ0n) is 15.4. The summed E-state index contributed by atoms with van der Waals surface area (Å²) in [6.45, 7) is 0.477. The Morgan fingerprint density at radius 1 is 1.11 bits per heavy atom. The van der Waals surface area contributed by atoms with Crippen molar-refractivity contribution < 1.29 is 9.53 Å². The van der Waals surface area contributed by atoms with Crippen molar-refractivity contribution in [2.75, 3.05) is 12.9 Å². The van der Waals surface area contributed by atoms with Crippen LogP contribution in [-0.2, 0) is 11.3 Å². The molecule has 0 unspecified atom stereocenters. The molecule has 0 aliphatic heterocycles. The van der Waals surface area contributed by atoms with Gasteiger partial charge in [-0.05, 0) is 42.0 Å². The minimum Gasteiger partial charge on any atom is -0.497 e. The van der Waals surface area contributed by atoms with E-state index in [0.717, 1.165) is 22.6 Å². The van der Waals surface area contributed by atoms with E-state index in [-0.39, 0.29) is 11.7 Å². The molecule has 0 saturated heterocycles. The molecule has 0 saturated carbocycles. The van der Waals surface area contributed by atoms with Gasteiger partial charge in [-0.3, -0.25) is 4.79 Å². The van der Waals surface area contributed by atoms with Gasteiger partial charge < -0.3 is 10.1 Å². The lowest BCUT2D eigenvalue weighted by molar-refractivity contribution is -0.118. The molecule has 5 nitrogen and oxygen atoms in total. The number of ether oxygens (including phenoxy) is 1. The third-order valence-corrected chi connectivity index (χ3v) is 5.03. The molecule has 0 fully saturated rings. The highest BCUT2D eigenvalue weighted by molar-refractivity contribution is 8.00. The van der Waals surface area contributed by atoms with Crippen LogP contribution in [0.15, 0.2) is 71.8 Å². The number of methoxy groups -OCH3 is 1. The highest BCUT2D eigenvalue weighted by Gasteiger charge is 2.11. The molecule has 2 aromatic carbocycles. The summed E-state index contributed by atoms with van der Waals surface area (Å²) in [5, 5.41) is 12.8. The van der Waals surface area contributed by atoms with Gasteiger partial charge in [0.15, 0.2) is 0 Å². The Hall–Kier alpha value is -3.30. The molecule has 0 radical (unpaired) electrons. The molecule has 1 aromatic heterocycles. The Balaban J connectivity index is 1.66. The second-order valence-electron chi connectivity index (χ2n) is 5.94. The molecule has 1 heterocycles. The SMILES string of the molecule is COc1ccc(-c2ccc(C#N)c(SCC(=O)NCc3ccccc3)n2)cc1. The van der Waals surface area contributed by atoms with Gasteiger partial charge in [0, 0.05) is 12.1 Å². The first-order valence-electron chi connectivity index (χ1n) is 8.68. The third-order valence-electron chi connectivity index (χ3n) is 4.04. The van der Waals surface area contributed by atoms with Gasteiger partial charge in [-0.1, -0.05) is 42.1 Å². The molecule has 0 spiro atoms. The number of hydrogen-bond acceptors (Lipinski definition) is 5. The van der Waals surface area contributed by atoms with Crippen molar-refractivity contribution in [3.63, 3.8) is 0 Å². The van der Waals surface area contributed by atoms with Crippen LogP contribution in [0.25, 0.3) is 11.3 Å². The first-order valence-corrected chi connectivity index (χ1v) is 9.67. The number of hydrogen-bond donors (Lipinski definition) is 1. The molecule has 0 aliphatic carbocycles. The topological polar surface area (TPSA) is 75.0 Å². The van der Waals surface area contributed by atoms with Gasteiger partial charge in [0.25, 0.3) is 0 Å². The number of carbonyl (C=O) groups is 1. The summed E-state index contributed by atoms with van der Waals surface area (Å²) >= 11 is 1.26. The quantitative estimate of drug-likeness (QED) is 0.617. The average molecular weight is 389 g/mol. The van der Waals surface area contributed by atoms with Crippen molar-refractivity contribution in [1.29, 1.82) is 5.26 Å². The summed E-state index contributed by atoms with van der Waals surface area (Å²) in [5.41, 5.74) is 3.16. The molecule has 0 atom stereocenters. The Bertz CT molecular complexity index is 983. The lowest BCUT2D eigenvalue weighted by atomic mass is 10.1. The minimum atomic E-state index is -0.102. The first kappa shape index (κ1) is 19.5. The average Bonchev–Trinajstić information content (AvgIpc) is 2.76. The summed E-state index contributed by atoms with van der Waals surface area (Å²) in [7, 11) is 1.62. The highest BCUT2D eigenvalue weighted by atomic mass is 32.2. The van der Waals surface area contributed by atoms with Gasteiger partial charge in [0.05, 0.1) is 24.1 Å². The number of nitrogens with zero attached hydrogens (tertiary/aromatic N) is 2. The summed E-state index contributed by atoms with van der Waals surface area (Å²) in [6, 6.07) is 22.9. The Morgan fingerprint density at radius 2 is 1.86 bits per heavy atom. The molecular weight excluding hydrogens is 370 g/mol. The number of nitriles is 1. The fourth-order valence-corrected chi connectivity index (χ4v) is 3.34. The van der Waals surface area contributed by atoms with E-state index < -0.39 is 0 Å². The maximum atomic E-state index is 12.2. The second kappa shape index (κ2) is 9.58. The van der Waals surface area contributed by atoms with Crippen LogP contribution < -0.4 is 10.1 Å². The molecule has 1 amide bonds. The van der Waals surface area contributed by atoms with Crippen LogP contribution in [-0.4, -0.2) is 23.8 Å². The van der Waals surface area contributed by atoms with Crippen LogP contribution in [0.3, 0.4) is 0 Å². The Kier molecular flexibility index (Phi) is 6.66. The van der Waals surface area contributed by atoms with Crippen molar-refractivity contribution >= 4 is 17.7 Å². The fourth-order valence-electron chi connectivity index (χ4n) is 2.54. The number of benzene rings is 2. The lowest BCUT2D eigenvalue weighted by Gasteiger charge is -2.08. The summed E-state index contributed by atoms with van der Waals surface area (Å²) < 4.78 is 5.17. The largest absolute Gasteiger partial charge is 0.497 e. The zero-order chi connectivity index (χ0) is 19.8. The summed E-state index contributed by atoms with van der Waals surface area (Å²) in [5.74, 6) is 0.858. The summed E-state index contributed by atoms with van der Waals surface area (Å²) in [4.78, 5) is 16.7. The predicted octanol–water partition coefficient (Wildman–Crippen LogP) is 4.04. The van der Waals surface area contributed by atoms with Crippen LogP contribution in [0, 0.1) is 11.3 Å². The maximum Gasteiger partial charge on any atom is 0.230 e. The Labute approximate surface area is 168 Å². The molecule has 28 heavy (non-hydrogen) atoms. The van der Waals surface area contributed by atoms with Crippen molar-refractivity contribution in [1.82, 2.24) is 10.3 Å². The normalized spacial score (nSPS) is 10.1. The van der Waals surface area contributed by atoms with Crippen LogP contribution in [0.2, 0.25) is 0 Å². The second-order valence-corrected chi connectivity index (χ2v) is 6.90. The highest BCUT2D eigenvalue weighted by Crippen LogP contribution is 2.26. The molecule has 0 aliphatic rings. The molecule has 6 heteroatoms. The van der Waals surface area contributed by atoms with E-state index in [1.165, 1.54) is 11.8 Å². The molecule has 3 aromatic rings. The van der Waals surface area contributed by atoms with Crippen LogP contribution in [0.5, 0.6) is 5.75 Å². The monoisotopic (exact) mass is 389 g/mol. The van der Waals surface area contributed by atoms with Gasteiger partial charge in [-0.25, -0.2) is 4.98 Å². The maximum absolute atomic E-state index is 12.2. The molecule has 1 N–H and O–H groups in total. The molecule has 0 bridgehead atoms. The van der Waals surface area contributed by atoms with E-state index in [2.05, 4.69) is 16.4 Å². The smallest absolute Gasteiger partial charge is 0.230 e. The molecule has 3 rings (SSSR count). The van der Waals surface area contributed by atoms with Crippen molar-refractivity contribution in [2.24, 2.45) is 0 Å². The number of pyridine rings is 1. The number of carbonyl (C=O) groups excluding carboxylic acids is 1. The van der Waals surface area contributed by atoms with E-state index in [1.54, 1.807) is 19.2 Å². The fraction of sp³-hybridized carbons (Fsp3) is 0.136. The standard InChI is InChI=1S/C22H19N3O2S/c1-27-19-10-7-17(8-11-19)20-12-9-18(13-23)22(25-20)28-15-21(26)24-14-16-5-3-2-4-6-16/h2-12H,14-15H2,1H3,(H,24,26). The van der Waals surface area contributed by atoms with E-state index in [1.807, 2.05) is 54.6 Å². The van der Waals surface area contributed by atoms with E-state index >= 15 is 0 Å². The van der Waals surface area contributed by atoms with Gasteiger partial charge in [-0.2, -0.15) is 5.26 Å². The van der Waals surface area contributed by atoms with Gasteiger partial charge in [0.1, 0.15) is 16.8 Å². The van der Waals surface area contributed by atoms with E-state index in [9.17, 15) is 10.1 Å². The molecular formula is C22H19N3O2S. The summed E-state index contributed by atoms with van der Waals surface area (Å²) in [6.07, 6.45) is 0. The zero-order valence-corrected chi connectivity index (χ0v) is 16.2. The number of aromatic nitrogens is 1. The number of nitrogens with one attached hydrogen (secondary N) is 1. The van der Waals surface area contributed by atoms with Crippen molar-refractivity contribution in [2.45, 2.75) is 11.6 Å². The van der Waals surface area contributed by atoms with Crippen LogP contribution in [0.4, 0.5) is 0 Å². The third kappa shape index (κ3) is 5.12. The first-order chi connectivity index (χ1) is 13.7. The molecule has 140 valence electrons. The number of thioether (sulfide) groups is 1. The number of rotatable bonds is 7. The predicted molar refractivity (Wildman–Crippen MR) is 110 cm³/mol. The number of amides is 1. The van der Waals surface area contributed by atoms with Gasteiger partial charge in [0.2, 0.25) is 5.91 Å². The van der Waals surface area contributed by atoms with Crippen molar-refractivity contribution in [3.05, 3.63) is 77.9 Å². The minimum absolute atomic E-state index is 0.102. The lowest BCUT2D eigenvalue weighted by Crippen LogP contribution is -2.24. The van der Waals surface area contributed by atoms with E-state index in [4.69, 9.17) is 4.74 Å². The van der Waals surface area contributed by atoms with Crippen LogP contribution in [0.1, 0.15) is 11.1 Å². The van der Waals surface area contributed by atoms with Crippen molar-refractivity contribution in [3.8, 4) is 23.1 Å². The van der Waals surface area contributed by atoms with E-state index in [0.29, 0.717) is 17.1 Å². The Morgan fingerprint density at radius 3 is 2.54 bits per heavy atom. The van der Waals surface area contributed by atoms with Gasteiger partial charge >= 0.3 is 0 Å². The van der Waals surface area contributed by atoms with Gasteiger partial charge in [-0.15, -0.1) is 0 Å². The van der Waals surface area contributed by atoms with Crippen LogP contribution >= 0.6 is 11.8 Å².